The lowest BCUT2D eigenvalue weighted by Crippen LogP contribution is -2.40. The molecule has 0 bridgehead atoms. The van der Waals surface area contributed by atoms with Gasteiger partial charge in [-0.25, -0.2) is 18.7 Å². The van der Waals surface area contributed by atoms with Crippen LogP contribution in [0, 0.1) is 11.6 Å². The number of nitrogens with one attached hydrogen (secondary N) is 1. The molecule has 1 aliphatic rings. The molecular formula is C17H21F2N5. The number of nitrogen functional groups attached to an aromatic ring is 1. The highest BCUT2D eigenvalue weighted by atomic mass is 19.1. The van der Waals surface area contributed by atoms with Crippen LogP contribution in [0.4, 0.5) is 31.8 Å². The fraction of sp³-hybridized carbons (Fsp3) is 0.412. The van der Waals surface area contributed by atoms with Gasteiger partial charge in [-0.05, 0) is 37.8 Å². The lowest BCUT2D eigenvalue weighted by molar-refractivity contribution is 0.447. The summed E-state index contributed by atoms with van der Waals surface area (Å²) in [7, 11) is 0. The predicted molar refractivity (Wildman–Crippen MR) is 91.4 cm³/mol. The number of anilines is 4. The third-order valence-corrected chi connectivity index (χ3v) is 4.42. The summed E-state index contributed by atoms with van der Waals surface area (Å²) in [4.78, 5) is 10.6. The zero-order valence-electron chi connectivity index (χ0n) is 13.6. The number of benzene rings is 1. The maximum Gasteiger partial charge on any atom is 0.159 e. The molecular weight excluding hydrogens is 312 g/mol. The van der Waals surface area contributed by atoms with E-state index in [-0.39, 0.29) is 5.69 Å². The van der Waals surface area contributed by atoms with Crippen molar-refractivity contribution < 1.29 is 8.78 Å². The number of rotatable bonds is 4. The number of halogens is 2. The quantitative estimate of drug-likeness (QED) is 0.889. The molecule has 1 aromatic carbocycles. The molecule has 24 heavy (non-hydrogen) atoms. The highest BCUT2D eigenvalue weighted by Gasteiger charge is 2.25. The van der Waals surface area contributed by atoms with Gasteiger partial charge < -0.3 is 16.0 Å². The van der Waals surface area contributed by atoms with Crippen molar-refractivity contribution in [1.82, 2.24) is 9.97 Å². The van der Waals surface area contributed by atoms with Gasteiger partial charge >= 0.3 is 0 Å². The predicted octanol–water partition coefficient (Wildman–Crippen LogP) is 3.85. The maximum absolute atomic E-state index is 13.8. The molecule has 7 heteroatoms. The highest BCUT2D eigenvalue weighted by Crippen LogP contribution is 2.33. The Kier molecular flexibility index (Phi) is 4.78. The summed E-state index contributed by atoms with van der Waals surface area (Å²) < 4.78 is 26.9. The molecule has 1 saturated heterocycles. The SMILES string of the molecule is CCC1CCCCN1c1ncnc(Nc2ccc(F)cc2F)c1N. The maximum atomic E-state index is 13.8. The van der Waals surface area contributed by atoms with Crippen molar-refractivity contribution in [2.75, 3.05) is 22.5 Å². The normalized spacial score (nSPS) is 17.8. The molecule has 0 radical (unpaired) electrons. The van der Waals surface area contributed by atoms with Crippen LogP contribution in [-0.4, -0.2) is 22.6 Å². The smallest absolute Gasteiger partial charge is 0.159 e. The fourth-order valence-corrected chi connectivity index (χ4v) is 3.14. The minimum Gasteiger partial charge on any atom is -0.393 e. The van der Waals surface area contributed by atoms with Crippen molar-refractivity contribution in [3.05, 3.63) is 36.2 Å². The second-order valence-corrected chi connectivity index (χ2v) is 5.96. The summed E-state index contributed by atoms with van der Waals surface area (Å²) in [6.45, 7) is 3.04. The van der Waals surface area contributed by atoms with Crippen LogP contribution in [0.5, 0.6) is 0 Å². The molecule has 0 aliphatic carbocycles. The van der Waals surface area contributed by atoms with E-state index in [1.165, 1.54) is 24.9 Å². The number of hydrogen-bond donors (Lipinski definition) is 2. The molecule has 5 nitrogen and oxygen atoms in total. The van der Waals surface area contributed by atoms with Crippen LogP contribution >= 0.6 is 0 Å². The minimum absolute atomic E-state index is 0.124. The monoisotopic (exact) mass is 333 g/mol. The van der Waals surface area contributed by atoms with Crippen LogP contribution in [-0.2, 0) is 0 Å². The third-order valence-electron chi connectivity index (χ3n) is 4.42. The first-order valence-corrected chi connectivity index (χ1v) is 8.19. The number of hydrogen-bond acceptors (Lipinski definition) is 5. The van der Waals surface area contributed by atoms with Gasteiger partial charge in [-0.1, -0.05) is 6.92 Å². The van der Waals surface area contributed by atoms with Crippen molar-refractivity contribution in [1.29, 1.82) is 0 Å². The third kappa shape index (κ3) is 3.25. The summed E-state index contributed by atoms with van der Waals surface area (Å²) in [6, 6.07) is 3.72. The average Bonchev–Trinajstić information content (AvgIpc) is 2.59. The molecule has 1 atom stereocenters. The minimum atomic E-state index is -0.695. The molecule has 1 fully saturated rings. The summed E-state index contributed by atoms with van der Waals surface area (Å²) in [6.07, 6.45) is 5.83. The van der Waals surface area contributed by atoms with E-state index in [2.05, 4.69) is 27.1 Å². The molecule has 3 N–H and O–H groups in total. The molecule has 0 saturated carbocycles. The van der Waals surface area contributed by atoms with Gasteiger partial charge in [0.05, 0.1) is 5.69 Å². The van der Waals surface area contributed by atoms with Crippen LogP contribution in [0.1, 0.15) is 32.6 Å². The molecule has 3 rings (SSSR count). The standard InChI is InChI=1S/C17H21F2N5/c1-2-12-5-3-4-8-24(12)17-15(20)16(21-10-22-17)23-14-7-6-11(18)9-13(14)19/h6-7,9-10,12H,2-5,8,20H2,1H3,(H,21,22,23). The fourth-order valence-electron chi connectivity index (χ4n) is 3.14. The number of piperidine rings is 1. The van der Waals surface area contributed by atoms with Crippen molar-refractivity contribution in [2.24, 2.45) is 0 Å². The highest BCUT2D eigenvalue weighted by molar-refractivity contribution is 5.78. The first-order valence-electron chi connectivity index (χ1n) is 8.19. The van der Waals surface area contributed by atoms with Crippen LogP contribution in [0.25, 0.3) is 0 Å². The summed E-state index contributed by atoms with van der Waals surface area (Å²) in [5.41, 5.74) is 6.73. The van der Waals surface area contributed by atoms with Gasteiger partial charge in [0.1, 0.15) is 23.6 Å². The van der Waals surface area contributed by atoms with Crippen molar-refractivity contribution >= 4 is 23.0 Å². The molecule has 2 aromatic rings. The number of aromatic nitrogens is 2. The van der Waals surface area contributed by atoms with Gasteiger partial charge in [0.25, 0.3) is 0 Å². The molecule has 128 valence electrons. The van der Waals surface area contributed by atoms with Gasteiger partial charge in [0.2, 0.25) is 0 Å². The Morgan fingerprint density at radius 3 is 2.88 bits per heavy atom. The van der Waals surface area contributed by atoms with E-state index in [1.54, 1.807) is 0 Å². The molecule has 1 aliphatic heterocycles. The van der Waals surface area contributed by atoms with Gasteiger partial charge in [-0.2, -0.15) is 0 Å². The van der Waals surface area contributed by atoms with E-state index in [0.717, 1.165) is 31.9 Å². The second-order valence-electron chi connectivity index (χ2n) is 5.96. The average molecular weight is 333 g/mol. The zero-order valence-corrected chi connectivity index (χ0v) is 13.6. The molecule has 0 amide bonds. The Bertz CT molecular complexity index is 722. The van der Waals surface area contributed by atoms with Crippen LogP contribution in [0.3, 0.4) is 0 Å². The molecule has 2 heterocycles. The van der Waals surface area contributed by atoms with Crippen molar-refractivity contribution in [2.45, 2.75) is 38.6 Å². The molecule has 1 unspecified atom stereocenters. The van der Waals surface area contributed by atoms with Gasteiger partial charge in [0.15, 0.2) is 11.6 Å². The Balaban J connectivity index is 1.90. The zero-order chi connectivity index (χ0) is 17.1. The van der Waals surface area contributed by atoms with E-state index >= 15 is 0 Å². The number of nitrogens with two attached hydrogens (primary N) is 1. The van der Waals surface area contributed by atoms with Crippen molar-refractivity contribution in [3.63, 3.8) is 0 Å². The topological polar surface area (TPSA) is 67.1 Å². The first kappa shape index (κ1) is 16.4. The largest absolute Gasteiger partial charge is 0.393 e. The lowest BCUT2D eigenvalue weighted by atomic mass is 10.00. The molecule has 0 spiro atoms. The van der Waals surface area contributed by atoms with E-state index in [4.69, 9.17) is 5.73 Å². The van der Waals surface area contributed by atoms with Crippen LogP contribution in [0.15, 0.2) is 24.5 Å². The Morgan fingerprint density at radius 2 is 2.12 bits per heavy atom. The van der Waals surface area contributed by atoms with Crippen molar-refractivity contribution in [3.8, 4) is 0 Å². The number of nitrogens with zero attached hydrogens (tertiary/aromatic N) is 3. The van der Waals surface area contributed by atoms with E-state index in [0.29, 0.717) is 23.4 Å². The van der Waals surface area contributed by atoms with Crippen LogP contribution in [0.2, 0.25) is 0 Å². The van der Waals surface area contributed by atoms with Gasteiger partial charge in [0, 0.05) is 18.7 Å². The summed E-state index contributed by atoms with van der Waals surface area (Å²) >= 11 is 0. The van der Waals surface area contributed by atoms with Crippen LogP contribution < -0.4 is 16.0 Å². The van der Waals surface area contributed by atoms with Gasteiger partial charge in [-0.3, -0.25) is 0 Å². The Hall–Kier alpha value is -2.44. The lowest BCUT2D eigenvalue weighted by Gasteiger charge is -2.36. The Labute approximate surface area is 139 Å². The first-order chi connectivity index (χ1) is 11.6. The van der Waals surface area contributed by atoms with Gasteiger partial charge in [-0.15, -0.1) is 0 Å². The summed E-state index contributed by atoms with van der Waals surface area (Å²) in [5, 5.41) is 2.84. The summed E-state index contributed by atoms with van der Waals surface area (Å²) in [5.74, 6) is -0.333. The van der Waals surface area contributed by atoms with E-state index in [1.807, 2.05) is 0 Å². The second kappa shape index (κ2) is 6.98. The van der Waals surface area contributed by atoms with E-state index < -0.39 is 11.6 Å². The Morgan fingerprint density at radius 1 is 1.29 bits per heavy atom. The van der Waals surface area contributed by atoms with E-state index in [9.17, 15) is 8.78 Å². The molecule has 1 aromatic heterocycles.